The molecule has 1 saturated heterocycles. The van der Waals surface area contributed by atoms with Gasteiger partial charge in [-0.2, -0.15) is 10.1 Å². The highest BCUT2D eigenvalue weighted by atomic mass is 32.2. The average molecular weight is 547 g/mol. The van der Waals surface area contributed by atoms with Crippen LogP contribution in [0.5, 0.6) is 5.88 Å². The van der Waals surface area contributed by atoms with E-state index in [1.54, 1.807) is 13.1 Å². The maximum absolute atomic E-state index is 13.0. The monoisotopic (exact) mass is 546 g/mol. The second kappa shape index (κ2) is 11.2. The predicted molar refractivity (Wildman–Crippen MR) is 151 cm³/mol. The van der Waals surface area contributed by atoms with E-state index < -0.39 is 10.0 Å². The average Bonchev–Trinajstić information content (AvgIpc) is 3.51. The molecule has 0 bridgehead atoms. The maximum Gasteiger partial charge on any atom is 0.267 e. The summed E-state index contributed by atoms with van der Waals surface area (Å²) in [5.41, 5.74) is 6.20. The molecule has 0 saturated carbocycles. The molecule has 4 aromatic rings. The van der Waals surface area contributed by atoms with E-state index in [9.17, 15) is 8.42 Å². The number of sulfonamides is 1. The lowest BCUT2D eigenvalue weighted by Crippen LogP contribution is -2.27. The summed E-state index contributed by atoms with van der Waals surface area (Å²) in [5.74, 6) is 0.306. The van der Waals surface area contributed by atoms with Gasteiger partial charge in [0.1, 0.15) is 11.0 Å². The van der Waals surface area contributed by atoms with E-state index in [1.807, 2.05) is 32.0 Å². The van der Waals surface area contributed by atoms with Crippen LogP contribution in [0.3, 0.4) is 0 Å². The molecule has 2 aromatic heterocycles. The normalized spacial score (nSPS) is 15.9. The van der Waals surface area contributed by atoms with Crippen molar-refractivity contribution in [3.05, 3.63) is 83.2 Å². The molecule has 1 atom stereocenters. The van der Waals surface area contributed by atoms with Crippen molar-refractivity contribution in [2.75, 3.05) is 24.4 Å². The standard InChI is InChI=1S/C29H34N6O3S/c1-20-7-5-10-23(15-20)11-13-35-14-12-24(18-35)38-27-16-26(28-21(2)8-6-9-22(28)3)31-29(32-27)33-39(36,37)25-17-30-34(4)19-25/h5-10,15-17,19,24H,11-14,18H2,1-4H3,(H,31,32,33). The van der Waals surface area contributed by atoms with Crippen molar-refractivity contribution in [2.45, 2.75) is 44.6 Å². The fourth-order valence-corrected chi connectivity index (χ4v) is 5.94. The van der Waals surface area contributed by atoms with Crippen molar-refractivity contribution in [3.8, 4) is 17.1 Å². The summed E-state index contributed by atoms with van der Waals surface area (Å²) in [4.78, 5) is 11.5. The number of hydrogen-bond acceptors (Lipinski definition) is 7. The Hall–Kier alpha value is -3.76. The van der Waals surface area contributed by atoms with Crippen molar-refractivity contribution in [2.24, 2.45) is 7.05 Å². The Kier molecular flexibility index (Phi) is 7.67. The number of likely N-dealkylation sites (tertiary alicyclic amines) is 1. The van der Waals surface area contributed by atoms with Gasteiger partial charge in [0.15, 0.2) is 0 Å². The minimum Gasteiger partial charge on any atom is -0.473 e. The third-order valence-electron chi connectivity index (χ3n) is 6.97. The van der Waals surface area contributed by atoms with Gasteiger partial charge >= 0.3 is 0 Å². The number of benzene rings is 2. The summed E-state index contributed by atoms with van der Waals surface area (Å²) in [7, 11) is -2.26. The van der Waals surface area contributed by atoms with E-state index in [2.05, 4.69) is 55.9 Å². The van der Waals surface area contributed by atoms with Crippen LogP contribution in [-0.2, 0) is 23.5 Å². The van der Waals surface area contributed by atoms with E-state index in [4.69, 9.17) is 4.74 Å². The molecule has 10 heteroatoms. The zero-order valence-electron chi connectivity index (χ0n) is 22.8. The van der Waals surface area contributed by atoms with Crippen LogP contribution < -0.4 is 9.46 Å². The number of hydrogen-bond donors (Lipinski definition) is 1. The van der Waals surface area contributed by atoms with Crippen LogP contribution in [0.1, 0.15) is 28.7 Å². The number of nitrogens with one attached hydrogen (secondary N) is 1. The molecule has 0 spiro atoms. The highest BCUT2D eigenvalue weighted by molar-refractivity contribution is 7.92. The first-order chi connectivity index (χ1) is 18.7. The zero-order chi connectivity index (χ0) is 27.6. The minimum absolute atomic E-state index is 0.0357. The molecule has 9 nitrogen and oxygen atoms in total. The van der Waals surface area contributed by atoms with Crippen LogP contribution in [0, 0.1) is 20.8 Å². The SMILES string of the molecule is Cc1cccc(CCN2CCC(Oc3cc(-c4c(C)cccc4C)nc(NS(=O)(=O)c4cnn(C)c4)n3)C2)c1. The van der Waals surface area contributed by atoms with Crippen molar-refractivity contribution >= 4 is 16.0 Å². The molecule has 1 fully saturated rings. The molecule has 0 radical (unpaired) electrons. The lowest BCUT2D eigenvalue weighted by molar-refractivity contribution is 0.193. The first kappa shape index (κ1) is 26.8. The van der Waals surface area contributed by atoms with Crippen LogP contribution in [0.15, 0.2) is 65.8 Å². The molecule has 1 unspecified atom stereocenters. The summed E-state index contributed by atoms with van der Waals surface area (Å²) in [6.07, 6.45) is 4.52. The fourth-order valence-electron chi connectivity index (χ4n) is 5.02. The largest absolute Gasteiger partial charge is 0.473 e. The summed E-state index contributed by atoms with van der Waals surface area (Å²) < 4.78 is 36.3. The van der Waals surface area contributed by atoms with Crippen molar-refractivity contribution in [3.63, 3.8) is 0 Å². The van der Waals surface area contributed by atoms with Crippen molar-refractivity contribution < 1.29 is 13.2 Å². The summed E-state index contributed by atoms with van der Waals surface area (Å²) >= 11 is 0. The molecule has 204 valence electrons. The number of anilines is 1. The van der Waals surface area contributed by atoms with E-state index in [0.29, 0.717) is 11.6 Å². The van der Waals surface area contributed by atoms with Crippen LogP contribution in [0.25, 0.3) is 11.3 Å². The second-order valence-corrected chi connectivity index (χ2v) is 11.9. The number of rotatable bonds is 9. The highest BCUT2D eigenvalue weighted by Crippen LogP contribution is 2.30. The number of aryl methyl sites for hydroxylation is 4. The molecular formula is C29H34N6O3S. The predicted octanol–water partition coefficient (Wildman–Crippen LogP) is 4.30. The molecular weight excluding hydrogens is 512 g/mol. The smallest absolute Gasteiger partial charge is 0.267 e. The number of ether oxygens (including phenoxy) is 1. The minimum atomic E-state index is -3.92. The van der Waals surface area contributed by atoms with Gasteiger partial charge in [0.05, 0.1) is 11.9 Å². The van der Waals surface area contributed by atoms with Gasteiger partial charge in [0.25, 0.3) is 10.0 Å². The third kappa shape index (κ3) is 6.46. The molecule has 0 aliphatic carbocycles. The first-order valence-electron chi connectivity index (χ1n) is 13.1. The number of aromatic nitrogens is 4. The lowest BCUT2D eigenvalue weighted by Gasteiger charge is -2.18. The highest BCUT2D eigenvalue weighted by Gasteiger charge is 2.26. The topological polar surface area (TPSA) is 102 Å². The lowest BCUT2D eigenvalue weighted by atomic mass is 10.00. The Morgan fingerprint density at radius 2 is 1.82 bits per heavy atom. The molecule has 1 aliphatic rings. The van der Waals surface area contributed by atoms with Gasteiger partial charge < -0.3 is 4.74 Å². The Morgan fingerprint density at radius 3 is 2.54 bits per heavy atom. The summed E-state index contributed by atoms with van der Waals surface area (Å²) in [5, 5.41) is 3.97. The molecule has 39 heavy (non-hydrogen) atoms. The molecule has 2 aromatic carbocycles. The first-order valence-corrected chi connectivity index (χ1v) is 14.6. The van der Waals surface area contributed by atoms with Crippen molar-refractivity contribution in [1.29, 1.82) is 0 Å². The molecule has 1 aliphatic heterocycles. The molecule has 5 rings (SSSR count). The zero-order valence-corrected chi connectivity index (χ0v) is 23.6. The molecule has 3 heterocycles. The Labute approximate surface area is 229 Å². The van der Waals surface area contributed by atoms with Gasteiger partial charge in [0.2, 0.25) is 11.8 Å². The fraction of sp³-hybridized carbons (Fsp3) is 0.345. The van der Waals surface area contributed by atoms with E-state index in [1.165, 1.54) is 28.2 Å². The second-order valence-electron chi connectivity index (χ2n) is 10.2. The van der Waals surface area contributed by atoms with Gasteiger partial charge in [-0.25, -0.2) is 18.1 Å². The molecule has 0 amide bonds. The quantitative estimate of drug-likeness (QED) is 0.334. The summed E-state index contributed by atoms with van der Waals surface area (Å²) in [6.45, 7) is 8.80. The van der Waals surface area contributed by atoms with Gasteiger partial charge in [-0.3, -0.25) is 9.58 Å². The van der Waals surface area contributed by atoms with Crippen LogP contribution in [0.2, 0.25) is 0 Å². The van der Waals surface area contributed by atoms with E-state index in [-0.39, 0.29) is 16.9 Å². The summed E-state index contributed by atoms with van der Waals surface area (Å²) in [6, 6.07) is 16.4. The van der Waals surface area contributed by atoms with Crippen LogP contribution >= 0.6 is 0 Å². The van der Waals surface area contributed by atoms with E-state index >= 15 is 0 Å². The van der Waals surface area contributed by atoms with E-state index in [0.717, 1.165) is 49.2 Å². The van der Waals surface area contributed by atoms with Gasteiger partial charge in [-0.1, -0.05) is 48.0 Å². The Bertz CT molecular complexity index is 1560. The van der Waals surface area contributed by atoms with Gasteiger partial charge in [0, 0.05) is 44.5 Å². The molecule has 1 N–H and O–H groups in total. The Balaban J connectivity index is 1.37. The van der Waals surface area contributed by atoms with Crippen LogP contribution in [-0.4, -0.2) is 58.8 Å². The Morgan fingerprint density at radius 1 is 1.05 bits per heavy atom. The van der Waals surface area contributed by atoms with Crippen LogP contribution in [0.4, 0.5) is 5.95 Å². The number of nitrogens with zero attached hydrogens (tertiary/aromatic N) is 5. The van der Waals surface area contributed by atoms with Gasteiger partial charge in [-0.05, 0) is 50.3 Å². The van der Waals surface area contributed by atoms with Gasteiger partial charge in [-0.15, -0.1) is 0 Å². The van der Waals surface area contributed by atoms with Crippen molar-refractivity contribution in [1.82, 2.24) is 24.6 Å². The third-order valence-corrected chi connectivity index (χ3v) is 8.26. The maximum atomic E-state index is 13.0.